The van der Waals surface area contributed by atoms with Crippen LogP contribution in [-0.4, -0.2) is 76.7 Å². The van der Waals surface area contributed by atoms with Gasteiger partial charge in [-0.15, -0.1) is 10.2 Å². The quantitative estimate of drug-likeness (QED) is 0.329. The summed E-state index contributed by atoms with van der Waals surface area (Å²) in [5.74, 6) is 0.725. The van der Waals surface area contributed by atoms with E-state index >= 15 is 0 Å². The zero-order chi connectivity index (χ0) is 20.9. The molecule has 29 heavy (non-hydrogen) atoms. The molecule has 1 fully saturated rings. The SMILES string of the molecule is CCOC(=O)CSc1nnc(NC(=O)c2cc(S(=O)(=O)N3CCSCC3)c[nH]2)s1. The second-order valence-corrected chi connectivity index (χ2v) is 11.0. The van der Waals surface area contributed by atoms with Crippen molar-refractivity contribution in [3.63, 3.8) is 0 Å². The molecule has 1 amide bonds. The molecule has 158 valence electrons. The molecule has 0 bridgehead atoms. The van der Waals surface area contributed by atoms with Gasteiger partial charge in [0.1, 0.15) is 10.6 Å². The zero-order valence-corrected chi connectivity index (χ0v) is 18.7. The van der Waals surface area contributed by atoms with Crippen molar-refractivity contribution in [3.05, 3.63) is 18.0 Å². The van der Waals surface area contributed by atoms with Crippen LogP contribution in [-0.2, 0) is 19.6 Å². The van der Waals surface area contributed by atoms with Crippen LogP contribution in [0, 0.1) is 0 Å². The smallest absolute Gasteiger partial charge is 0.316 e. The maximum absolute atomic E-state index is 12.7. The summed E-state index contributed by atoms with van der Waals surface area (Å²) in [5.41, 5.74) is 0.103. The Morgan fingerprint density at radius 3 is 2.83 bits per heavy atom. The van der Waals surface area contributed by atoms with Gasteiger partial charge in [0, 0.05) is 30.8 Å². The number of esters is 1. The highest BCUT2D eigenvalue weighted by Crippen LogP contribution is 2.26. The number of hydrogen-bond acceptors (Lipinski definition) is 10. The molecule has 0 atom stereocenters. The number of thioether (sulfide) groups is 2. The molecule has 2 N–H and O–H groups in total. The first kappa shape index (κ1) is 22.1. The van der Waals surface area contributed by atoms with Crippen molar-refractivity contribution in [3.8, 4) is 0 Å². The molecular weight excluding hydrogens is 458 g/mol. The number of H-pyrrole nitrogens is 1. The molecule has 1 aliphatic rings. The molecule has 0 saturated carbocycles. The Morgan fingerprint density at radius 1 is 1.34 bits per heavy atom. The van der Waals surface area contributed by atoms with Gasteiger partial charge >= 0.3 is 5.97 Å². The molecular formula is C15H19N5O5S4. The van der Waals surface area contributed by atoms with E-state index in [1.54, 1.807) is 18.7 Å². The van der Waals surface area contributed by atoms with E-state index in [0.29, 0.717) is 24.0 Å². The molecule has 0 radical (unpaired) electrons. The summed E-state index contributed by atoms with van der Waals surface area (Å²) in [7, 11) is -3.63. The Balaban J connectivity index is 1.60. The van der Waals surface area contributed by atoms with Crippen LogP contribution in [0.3, 0.4) is 0 Å². The Morgan fingerprint density at radius 2 is 2.10 bits per heavy atom. The van der Waals surface area contributed by atoms with Gasteiger partial charge in [-0.1, -0.05) is 23.1 Å². The number of ether oxygens (including phenoxy) is 1. The summed E-state index contributed by atoms with van der Waals surface area (Å²) in [4.78, 5) is 26.5. The largest absolute Gasteiger partial charge is 0.465 e. The molecule has 3 heterocycles. The molecule has 0 aliphatic carbocycles. The minimum atomic E-state index is -3.63. The van der Waals surface area contributed by atoms with E-state index in [-0.39, 0.29) is 27.4 Å². The summed E-state index contributed by atoms with van der Waals surface area (Å²) in [6, 6.07) is 1.31. The first-order valence-corrected chi connectivity index (χ1v) is 13.0. The summed E-state index contributed by atoms with van der Waals surface area (Å²) in [6.45, 7) is 2.94. The van der Waals surface area contributed by atoms with Gasteiger partial charge in [-0.3, -0.25) is 14.9 Å². The Labute approximate surface area is 180 Å². The molecule has 2 aromatic rings. The van der Waals surface area contributed by atoms with Gasteiger partial charge in [-0.25, -0.2) is 8.42 Å². The molecule has 1 saturated heterocycles. The fraction of sp³-hybridized carbons (Fsp3) is 0.467. The summed E-state index contributed by atoms with van der Waals surface area (Å²) in [6.07, 6.45) is 1.31. The van der Waals surface area contributed by atoms with E-state index in [2.05, 4.69) is 20.5 Å². The first-order valence-electron chi connectivity index (χ1n) is 8.59. The molecule has 14 heteroatoms. The number of aromatic amines is 1. The van der Waals surface area contributed by atoms with Gasteiger partial charge in [0.05, 0.1) is 12.4 Å². The van der Waals surface area contributed by atoms with Crippen molar-refractivity contribution in [1.29, 1.82) is 0 Å². The highest BCUT2D eigenvalue weighted by Gasteiger charge is 2.28. The molecule has 1 aliphatic heterocycles. The lowest BCUT2D eigenvalue weighted by molar-refractivity contribution is -0.139. The number of nitrogens with zero attached hydrogens (tertiary/aromatic N) is 3. The monoisotopic (exact) mass is 477 g/mol. The number of aromatic nitrogens is 3. The average Bonchev–Trinajstić information content (AvgIpc) is 3.37. The van der Waals surface area contributed by atoms with Crippen molar-refractivity contribution in [1.82, 2.24) is 19.5 Å². The predicted molar refractivity (Wildman–Crippen MR) is 112 cm³/mol. The van der Waals surface area contributed by atoms with E-state index in [1.165, 1.54) is 16.6 Å². The van der Waals surface area contributed by atoms with Crippen LogP contribution in [0.1, 0.15) is 17.4 Å². The fourth-order valence-electron chi connectivity index (χ4n) is 2.40. The Hall–Kier alpha value is -1.61. The van der Waals surface area contributed by atoms with Crippen LogP contribution in [0.4, 0.5) is 5.13 Å². The molecule has 0 unspecified atom stereocenters. The van der Waals surface area contributed by atoms with E-state index in [0.717, 1.165) is 34.6 Å². The standard InChI is InChI=1S/C15H19N5O5S4/c1-2-25-12(21)9-27-15-19-18-14(28-15)17-13(22)11-7-10(8-16-11)29(23,24)20-3-5-26-6-4-20/h7-8,16H,2-6,9H2,1H3,(H,17,18,22). The minimum absolute atomic E-state index is 0.0532. The van der Waals surface area contributed by atoms with E-state index in [1.807, 2.05) is 0 Å². The van der Waals surface area contributed by atoms with Crippen molar-refractivity contribution in [2.45, 2.75) is 16.2 Å². The van der Waals surface area contributed by atoms with Gasteiger partial charge in [0.25, 0.3) is 5.91 Å². The number of nitrogens with one attached hydrogen (secondary N) is 2. The lowest BCUT2D eigenvalue weighted by Gasteiger charge is -2.24. The van der Waals surface area contributed by atoms with Gasteiger partial charge < -0.3 is 9.72 Å². The number of anilines is 1. The summed E-state index contributed by atoms with van der Waals surface area (Å²) >= 11 is 3.98. The lowest BCUT2D eigenvalue weighted by Crippen LogP contribution is -2.37. The minimum Gasteiger partial charge on any atom is -0.465 e. The Kier molecular flexibility index (Phi) is 7.56. The van der Waals surface area contributed by atoms with Crippen LogP contribution in [0.15, 0.2) is 21.5 Å². The maximum atomic E-state index is 12.7. The summed E-state index contributed by atoms with van der Waals surface area (Å²) < 4.78 is 32.1. The zero-order valence-electron chi connectivity index (χ0n) is 15.4. The molecule has 3 rings (SSSR count). The highest BCUT2D eigenvalue weighted by atomic mass is 32.2. The lowest BCUT2D eigenvalue weighted by atomic mass is 10.4. The second kappa shape index (κ2) is 9.93. The molecule has 10 nitrogen and oxygen atoms in total. The average molecular weight is 478 g/mol. The summed E-state index contributed by atoms with van der Waals surface area (Å²) in [5, 5.41) is 10.6. The van der Waals surface area contributed by atoms with Gasteiger partial charge in [0.2, 0.25) is 15.2 Å². The van der Waals surface area contributed by atoms with Crippen molar-refractivity contribution in [2.75, 3.05) is 42.3 Å². The van der Waals surface area contributed by atoms with Crippen LogP contribution in [0.5, 0.6) is 0 Å². The van der Waals surface area contributed by atoms with Crippen LogP contribution < -0.4 is 5.32 Å². The van der Waals surface area contributed by atoms with E-state index in [4.69, 9.17) is 4.74 Å². The number of carbonyl (C=O) groups is 2. The second-order valence-electron chi connectivity index (χ2n) is 5.69. The number of sulfonamides is 1. The van der Waals surface area contributed by atoms with E-state index < -0.39 is 15.9 Å². The highest BCUT2D eigenvalue weighted by molar-refractivity contribution is 8.01. The van der Waals surface area contributed by atoms with Gasteiger partial charge in [0.15, 0.2) is 4.34 Å². The molecule has 0 spiro atoms. The third kappa shape index (κ3) is 5.72. The fourth-order valence-corrected chi connectivity index (χ4v) is 6.51. The van der Waals surface area contributed by atoms with Gasteiger partial charge in [-0.2, -0.15) is 16.1 Å². The van der Waals surface area contributed by atoms with Crippen molar-refractivity contribution >= 4 is 61.9 Å². The van der Waals surface area contributed by atoms with Crippen molar-refractivity contribution in [2.24, 2.45) is 0 Å². The number of rotatable bonds is 8. The number of hydrogen-bond donors (Lipinski definition) is 2. The van der Waals surface area contributed by atoms with Gasteiger partial charge in [-0.05, 0) is 13.0 Å². The predicted octanol–water partition coefficient (Wildman–Crippen LogP) is 1.51. The third-order valence-electron chi connectivity index (χ3n) is 3.75. The third-order valence-corrected chi connectivity index (χ3v) is 8.52. The number of carbonyl (C=O) groups excluding carboxylic acids is 2. The normalized spacial score (nSPS) is 15.2. The van der Waals surface area contributed by atoms with Crippen LogP contribution in [0.2, 0.25) is 0 Å². The molecule has 0 aromatic carbocycles. The first-order chi connectivity index (χ1) is 13.9. The van der Waals surface area contributed by atoms with E-state index in [9.17, 15) is 18.0 Å². The topological polar surface area (TPSA) is 134 Å². The van der Waals surface area contributed by atoms with Crippen LogP contribution in [0.25, 0.3) is 0 Å². The Bertz CT molecular complexity index is 967. The van der Waals surface area contributed by atoms with Crippen LogP contribution >= 0.6 is 34.9 Å². The molecule has 2 aromatic heterocycles. The van der Waals surface area contributed by atoms with Crippen molar-refractivity contribution < 1.29 is 22.7 Å². The maximum Gasteiger partial charge on any atom is 0.316 e. The number of amides is 1.